The number of rotatable bonds is 4. The number of benzene rings is 1. The summed E-state index contributed by atoms with van der Waals surface area (Å²) in [6.45, 7) is 5.84. The Morgan fingerprint density at radius 2 is 1.74 bits per heavy atom. The van der Waals surface area contributed by atoms with Gasteiger partial charge < -0.3 is 4.90 Å². The third kappa shape index (κ3) is 3.18. The number of nitrogens with zero attached hydrogens (tertiary/aromatic N) is 2. The second kappa shape index (κ2) is 6.59. The number of piperazine rings is 1. The van der Waals surface area contributed by atoms with Crippen LogP contribution in [0.5, 0.6) is 0 Å². The minimum atomic E-state index is 1.08. The summed E-state index contributed by atoms with van der Waals surface area (Å²) in [4.78, 5) is 5.20. The molecule has 0 unspecified atom stereocenters. The summed E-state index contributed by atoms with van der Waals surface area (Å²) < 4.78 is 0. The van der Waals surface area contributed by atoms with Gasteiger partial charge in [0.05, 0.1) is 0 Å². The van der Waals surface area contributed by atoms with Crippen molar-refractivity contribution < 1.29 is 0 Å². The minimum Gasteiger partial charge on any atom is -0.372 e. The highest BCUT2D eigenvalue weighted by Gasteiger charge is 2.22. The topological polar surface area (TPSA) is 6.48 Å². The van der Waals surface area contributed by atoms with Crippen molar-refractivity contribution in [1.82, 2.24) is 9.80 Å². The Bertz CT molecular complexity index is 671. The molecule has 3 aliphatic rings. The minimum absolute atomic E-state index is 1.08. The predicted molar refractivity (Wildman–Crippen MR) is 96.2 cm³/mol. The molecule has 23 heavy (non-hydrogen) atoms. The molecule has 0 aromatic heterocycles. The second-order valence-electron chi connectivity index (χ2n) is 6.51. The maximum Gasteiger partial charge on any atom is 0.0303 e. The van der Waals surface area contributed by atoms with E-state index in [4.69, 9.17) is 0 Å². The van der Waals surface area contributed by atoms with Gasteiger partial charge >= 0.3 is 0 Å². The summed E-state index contributed by atoms with van der Waals surface area (Å²) in [6.07, 6.45) is 13.5. The lowest BCUT2D eigenvalue weighted by Crippen LogP contribution is -2.46. The fourth-order valence-electron chi connectivity index (χ4n) is 3.72. The van der Waals surface area contributed by atoms with Crippen molar-refractivity contribution in [3.63, 3.8) is 0 Å². The molecule has 0 radical (unpaired) electrons. The first kappa shape index (κ1) is 14.5. The number of hydrogen-bond acceptors (Lipinski definition) is 2. The summed E-state index contributed by atoms with van der Waals surface area (Å²) in [5, 5.41) is 0. The van der Waals surface area contributed by atoms with Crippen LogP contribution in [0.4, 0.5) is 0 Å². The van der Waals surface area contributed by atoms with Gasteiger partial charge in [-0.2, -0.15) is 0 Å². The van der Waals surface area contributed by atoms with E-state index in [1.165, 1.54) is 42.0 Å². The van der Waals surface area contributed by atoms with E-state index in [0.717, 1.165) is 25.9 Å². The van der Waals surface area contributed by atoms with Gasteiger partial charge in [-0.1, -0.05) is 60.7 Å². The normalized spacial score (nSPS) is 20.9. The van der Waals surface area contributed by atoms with Crippen LogP contribution in [0.3, 0.4) is 0 Å². The molecule has 0 saturated carbocycles. The van der Waals surface area contributed by atoms with Gasteiger partial charge in [0, 0.05) is 50.4 Å². The van der Waals surface area contributed by atoms with E-state index in [9.17, 15) is 0 Å². The maximum absolute atomic E-state index is 2.61. The summed E-state index contributed by atoms with van der Waals surface area (Å²) >= 11 is 0. The molecule has 1 aliphatic heterocycles. The van der Waals surface area contributed by atoms with Gasteiger partial charge in [-0.05, 0) is 17.6 Å². The van der Waals surface area contributed by atoms with Gasteiger partial charge in [-0.15, -0.1) is 0 Å². The van der Waals surface area contributed by atoms with E-state index in [0.29, 0.717) is 0 Å². The molecule has 2 aliphatic carbocycles. The fourth-order valence-corrected chi connectivity index (χ4v) is 3.72. The van der Waals surface area contributed by atoms with Gasteiger partial charge in [-0.25, -0.2) is 0 Å². The van der Waals surface area contributed by atoms with Crippen molar-refractivity contribution in [2.24, 2.45) is 0 Å². The van der Waals surface area contributed by atoms with Gasteiger partial charge in [0.2, 0.25) is 0 Å². The van der Waals surface area contributed by atoms with Gasteiger partial charge in [0.15, 0.2) is 0 Å². The standard InChI is InChI=1S/C21H24N2/c1-2-6-18(7-3-1)12-13-22-14-16-23(17-15-22)21-11-5-9-19-8-4-10-20(19)21/h1-10H,11-17H2. The third-order valence-corrected chi connectivity index (χ3v) is 5.08. The van der Waals surface area contributed by atoms with Crippen molar-refractivity contribution in [1.29, 1.82) is 0 Å². The molecular formula is C21H24N2. The molecule has 2 nitrogen and oxygen atoms in total. The molecule has 0 N–H and O–H groups in total. The number of allylic oxidation sites excluding steroid dienone is 7. The second-order valence-corrected chi connectivity index (χ2v) is 6.51. The Kier molecular flexibility index (Phi) is 4.16. The van der Waals surface area contributed by atoms with Crippen molar-refractivity contribution >= 4 is 0 Å². The van der Waals surface area contributed by atoms with E-state index in [2.05, 4.69) is 70.5 Å². The highest BCUT2D eigenvalue weighted by atomic mass is 15.3. The molecule has 118 valence electrons. The Balaban J connectivity index is 1.33. The van der Waals surface area contributed by atoms with Crippen LogP contribution >= 0.6 is 0 Å². The molecule has 1 aromatic carbocycles. The van der Waals surface area contributed by atoms with E-state index in [1.54, 1.807) is 0 Å². The number of fused-ring (bicyclic) bond motifs is 1. The Labute approximate surface area is 139 Å². The molecule has 0 atom stereocenters. The monoisotopic (exact) mass is 304 g/mol. The van der Waals surface area contributed by atoms with E-state index in [-0.39, 0.29) is 0 Å². The smallest absolute Gasteiger partial charge is 0.0303 e. The van der Waals surface area contributed by atoms with Crippen LogP contribution in [0.1, 0.15) is 12.0 Å². The zero-order chi connectivity index (χ0) is 15.5. The van der Waals surface area contributed by atoms with Crippen molar-refractivity contribution in [2.45, 2.75) is 12.8 Å². The molecule has 2 heteroatoms. The van der Waals surface area contributed by atoms with E-state index < -0.39 is 0 Å². The average Bonchev–Trinajstić information content (AvgIpc) is 3.10. The molecule has 4 rings (SSSR count). The third-order valence-electron chi connectivity index (χ3n) is 5.08. The van der Waals surface area contributed by atoms with Crippen molar-refractivity contribution in [3.05, 3.63) is 83.1 Å². The molecule has 1 fully saturated rings. The molecule has 0 bridgehead atoms. The van der Waals surface area contributed by atoms with E-state index >= 15 is 0 Å². The summed E-state index contributed by atoms with van der Waals surface area (Å²) in [5.74, 6) is 0. The van der Waals surface area contributed by atoms with Gasteiger partial charge in [0.25, 0.3) is 0 Å². The predicted octanol–water partition coefficient (Wildman–Crippen LogP) is 3.56. The lowest BCUT2D eigenvalue weighted by Gasteiger charge is -2.38. The average molecular weight is 304 g/mol. The molecule has 1 saturated heterocycles. The first-order chi connectivity index (χ1) is 11.4. The van der Waals surface area contributed by atoms with Gasteiger partial charge in [-0.3, -0.25) is 4.90 Å². The zero-order valence-corrected chi connectivity index (χ0v) is 13.6. The van der Waals surface area contributed by atoms with Crippen LogP contribution in [0.2, 0.25) is 0 Å². The Hall–Kier alpha value is -2.06. The molecule has 0 amide bonds. The highest BCUT2D eigenvalue weighted by molar-refractivity contribution is 5.58. The lowest BCUT2D eigenvalue weighted by atomic mass is 9.98. The Morgan fingerprint density at radius 1 is 0.913 bits per heavy atom. The van der Waals surface area contributed by atoms with Crippen molar-refractivity contribution in [3.8, 4) is 0 Å². The SMILES string of the molecule is C1=CC2=C(N3CCN(CCc4ccccc4)CC3)CC=CC2=C1. The first-order valence-corrected chi connectivity index (χ1v) is 8.70. The van der Waals surface area contributed by atoms with Crippen molar-refractivity contribution in [2.75, 3.05) is 32.7 Å². The highest BCUT2D eigenvalue weighted by Crippen LogP contribution is 2.31. The van der Waals surface area contributed by atoms with Crippen LogP contribution in [0.15, 0.2) is 77.6 Å². The molecule has 0 spiro atoms. The van der Waals surface area contributed by atoms with Crippen LogP contribution in [-0.2, 0) is 6.42 Å². The molecular weight excluding hydrogens is 280 g/mol. The molecule has 1 heterocycles. The summed E-state index contributed by atoms with van der Waals surface area (Å²) in [5.41, 5.74) is 5.81. The maximum atomic E-state index is 2.61. The van der Waals surface area contributed by atoms with Gasteiger partial charge in [0.1, 0.15) is 0 Å². The van der Waals surface area contributed by atoms with Crippen LogP contribution in [-0.4, -0.2) is 42.5 Å². The first-order valence-electron chi connectivity index (χ1n) is 8.70. The largest absolute Gasteiger partial charge is 0.372 e. The number of hydrogen-bond donors (Lipinski definition) is 0. The molecule has 1 aromatic rings. The van der Waals surface area contributed by atoms with Crippen LogP contribution in [0.25, 0.3) is 0 Å². The van der Waals surface area contributed by atoms with E-state index in [1.807, 2.05) is 0 Å². The zero-order valence-electron chi connectivity index (χ0n) is 13.6. The lowest BCUT2D eigenvalue weighted by molar-refractivity contribution is 0.158. The van der Waals surface area contributed by atoms with Crippen LogP contribution < -0.4 is 0 Å². The van der Waals surface area contributed by atoms with Crippen LogP contribution in [0, 0.1) is 0 Å². The summed E-state index contributed by atoms with van der Waals surface area (Å²) in [7, 11) is 0. The Morgan fingerprint density at radius 3 is 2.57 bits per heavy atom. The quantitative estimate of drug-likeness (QED) is 0.839. The summed E-state index contributed by atoms with van der Waals surface area (Å²) in [6, 6.07) is 10.8. The fraction of sp³-hybridized carbons (Fsp3) is 0.333.